The van der Waals surface area contributed by atoms with Crippen molar-refractivity contribution in [1.82, 2.24) is 24.6 Å². The highest BCUT2D eigenvalue weighted by Gasteiger charge is 2.29. The first-order valence-electron chi connectivity index (χ1n) is 9.78. The Hall–Kier alpha value is -1.61. The molecule has 11 nitrogen and oxygen atoms in total. The first kappa shape index (κ1) is 27.4. The number of nitrogens with zero attached hydrogens (tertiary/aromatic N) is 5. The van der Waals surface area contributed by atoms with Crippen LogP contribution < -0.4 is 5.32 Å². The van der Waals surface area contributed by atoms with Crippen LogP contribution in [-0.4, -0.2) is 98.7 Å². The second-order valence-electron chi connectivity index (χ2n) is 8.01. The van der Waals surface area contributed by atoms with Gasteiger partial charge in [-0.25, -0.2) is 13.2 Å². The van der Waals surface area contributed by atoms with Crippen LogP contribution in [0.4, 0.5) is 4.79 Å². The number of carbonyl (C=O) groups is 1. The topological polar surface area (TPSA) is 121 Å². The smallest absolute Gasteiger partial charge is 0.410 e. The summed E-state index contributed by atoms with van der Waals surface area (Å²) in [6.07, 6.45) is 0.976. The molecule has 1 fully saturated rings. The predicted octanol–water partition coefficient (Wildman–Crippen LogP) is 1.18. The summed E-state index contributed by atoms with van der Waals surface area (Å²) in [4.78, 5) is 19.8. The molecule has 0 atom stereocenters. The van der Waals surface area contributed by atoms with E-state index in [4.69, 9.17) is 9.26 Å². The van der Waals surface area contributed by atoms with Crippen LogP contribution in [0.1, 0.15) is 26.5 Å². The van der Waals surface area contributed by atoms with E-state index < -0.39 is 15.6 Å². The van der Waals surface area contributed by atoms with Crippen molar-refractivity contribution in [2.24, 2.45) is 4.99 Å². The Kier molecular flexibility index (Phi) is 10.5. The lowest BCUT2D eigenvalue weighted by atomic mass is 10.2. The van der Waals surface area contributed by atoms with Crippen LogP contribution in [0.15, 0.2) is 21.8 Å². The van der Waals surface area contributed by atoms with E-state index in [2.05, 4.69) is 15.5 Å². The fourth-order valence-electron chi connectivity index (χ4n) is 2.87. The normalized spacial score (nSPS) is 15.9. The van der Waals surface area contributed by atoms with Gasteiger partial charge in [0.25, 0.3) is 0 Å². The molecule has 1 amide bonds. The fourth-order valence-corrected chi connectivity index (χ4v) is 4.29. The average Bonchev–Trinajstić information content (AvgIpc) is 3.16. The van der Waals surface area contributed by atoms with Gasteiger partial charge in [0.15, 0.2) is 5.96 Å². The van der Waals surface area contributed by atoms with E-state index in [0.717, 1.165) is 0 Å². The number of ether oxygens (including phenoxy) is 1. The summed E-state index contributed by atoms with van der Waals surface area (Å²) < 4.78 is 36.6. The molecule has 0 radical (unpaired) electrons. The highest BCUT2D eigenvalue weighted by Crippen LogP contribution is 2.13. The number of hydrogen-bond donors (Lipinski definition) is 1. The molecule has 0 spiro atoms. The van der Waals surface area contributed by atoms with Gasteiger partial charge in [-0.15, -0.1) is 24.0 Å². The van der Waals surface area contributed by atoms with Crippen LogP contribution in [0.25, 0.3) is 0 Å². The molecule has 0 aliphatic carbocycles. The third-order valence-electron chi connectivity index (χ3n) is 4.40. The van der Waals surface area contributed by atoms with E-state index in [1.54, 1.807) is 20.2 Å². The van der Waals surface area contributed by atoms with Gasteiger partial charge in [-0.2, -0.15) is 4.31 Å². The molecule has 1 N–H and O–H groups in total. The third kappa shape index (κ3) is 8.80. The molecule has 1 saturated heterocycles. The number of aliphatic imine (C=N–C) groups is 1. The zero-order valence-corrected chi connectivity index (χ0v) is 21.8. The molecule has 0 unspecified atom stereocenters. The molecule has 13 heteroatoms. The number of halogens is 1. The van der Waals surface area contributed by atoms with Crippen molar-refractivity contribution < 1.29 is 22.5 Å². The molecule has 0 saturated carbocycles. The first-order valence-corrected chi connectivity index (χ1v) is 11.4. The van der Waals surface area contributed by atoms with Gasteiger partial charge in [-0.1, -0.05) is 5.16 Å². The van der Waals surface area contributed by atoms with E-state index in [-0.39, 0.29) is 35.8 Å². The lowest BCUT2D eigenvalue weighted by molar-refractivity contribution is 0.0302. The second kappa shape index (κ2) is 11.9. The van der Waals surface area contributed by atoms with Crippen LogP contribution in [-0.2, 0) is 20.5 Å². The molecule has 31 heavy (non-hydrogen) atoms. The summed E-state index contributed by atoms with van der Waals surface area (Å²) in [7, 11) is -0.0973. The number of piperazine rings is 1. The van der Waals surface area contributed by atoms with Gasteiger partial charge in [0.1, 0.15) is 17.6 Å². The largest absolute Gasteiger partial charge is 0.444 e. The minimum Gasteiger partial charge on any atom is -0.444 e. The van der Waals surface area contributed by atoms with E-state index in [1.165, 1.54) is 15.5 Å². The Bertz CT molecular complexity index is 817. The lowest BCUT2D eigenvalue weighted by Gasteiger charge is -2.35. The first-order chi connectivity index (χ1) is 14.0. The van der Waals surface area contributed by atoms with Crippen molar-refractivity contribution in [2.45, 2.75) is 32.1 Å². The molecule has 2 heterocycles. The van der Waals surface area contributed by atoms with E-state index in [0.29, 0.717) is 50.9 Å². The molecule has 0 bridgehead atoms. The minimum atomic E-state index is -3.45. The number of likely N-dealkylation sites (N-methyl/N-ethyl adjacent to an activating group) is 1. The van der Waals surface area contributed by atoms with Crippen molar-refractivity contribution in [3.63, 3.8) is 0 Å². The maximum absolute atomic E-state index is 12.5. The molecule has 0 aromatic carbocycles. The van der Waals surface area contributed by atoms with Gasteiger partial charge >= 0.3 is 6.09 Å². The fraction of sp³-hybridized carbons (Fsp3) is 0.722. The maximum Gasteiger partial charge on any atom is 0.410 e. The van der Waals surface area contributed by atoms with Gasteiger partial charge in [0.05, 0.1) is 5.69 Å². The van der Waals surface area contributed by atoms with Crippen molar-refractivity contribution in [3.05, 3.63) is 18.0 Å². The summed E-state index contributed by atoms with van der Waals surface area (Å²) in [6.45, 7) is 8.16. The number of hydrogen-bond acceptors (Lipinski definition) is 7. The minimum absolute atomic E-state index is 0. The zero-order chi connectivity index (χ0) is 22.4. The maximum atomic E-state index is 12.5. The van der Waals surface area contributed by atoms with E-state index in [1.807, 2.05) is 25.7 Å². The average molecular weight is 572 g/mol. The van der Waals surface area contributed by atoms with E-state index in [9.17, 15) is 13.2 Å². The highest BCUT2D eigenvalue weighted by atomic mass is 127. The van der Waals surface area contributed by atoms with Gasteiger partial charge in [0.2, 0.25) is 10.0 Å². The number of amides is 1. The van der Waals surface area contributed by atoms with Crippen LogP contribution in [0.2, 0.25) is 0 Å². The number of rotatable bonds is 6. The van der Waals surface area contributed by atoms with Crippen molar-refractivity contribution in [1.29, 1.82) is 0 Å². The summed E-state index contributed by atoms with van der Waals surface area (Å²) in [5.41, 5.74) is -0.147. The van der Waals surface area contributed by atoms with Crippen molar-refractivity contribution in [2.75, 3.05) is 53.4 Å². The van der Waals surface area contributed by atoms with E-state index >= 15 is 0 Å². The molecule has 1 aromatic heterocycles. The van der Waals surface area contributed by atoms with Gasteiger partial charge < -0.3 is 24.4 Å². The second-order valence-corrected chi connectivity index (χ2v) is 9.98. The Balaban J connectivity index is 0.00000480. The number of aromatic nitrogens is 1. The SMILES string of the molecule is CN=C(NCCN(C)C(=O)OC(C)(C)C)N1CCN(S(=O)(=O)Cc2ccon2)CC1.I. The van der Waals surface area contributed by atoms with Crippen LogP contribution in [0.3, 0.4) is 0 Å². The standard InChI is InChI=1S/C18H32N6O5S.HI/c1-18(2,3)29-17(25)22(5)8-7-20-16(19-4)23-9-11-24(12-10-23)30(26,27)14-15-6-13-28-21-15;/h6,13H,7-12,14H2,1-5H3,(H,19,20);1H. The number of carbonyl (C=O) groups excluding carboxylic acids is 1. The Labute approximate surface area is 201 Å². The molecule has 1 aliphatic heterocycles. The zero-order valence-electron chi connectivity index (χ0n) is 18.7. The van der Waals surface area contributed by atoms with Crippen LogP contribution in [0.5, 0.6) is 0 Å². The summed E-state index contributed by atoms with van der Waals surface area (Å²) >= 11 is 0. The summed E-state index contributed by atoms with van der Waals surface area (Å²) in [6, 6.07) is 1.55. The number of sulfonamides is 1. The quantitative estimate of drug-likeness (QED) is 0.307. The Morgan fingerprint density at radius 1 is 1.32 bits per heavy atom. The predicted molar refractivity (Wildman–Crippen MR) is 128 cm³/mol. The number of nitrogens with one attached hydrogen (secondary N) is 1. The molecule has 1 aliphatic rings. The molecular formula is C18H33IN6O5S. The van der Waals surface area contributed by atoms with Crippen LogP contribution >= 0.6 is 24.0 Å². The molecule has 2 rings (SSSR count). The van der Waals surface area contributed by atoms with Gasteiger partial charge in [-0.3, -0.25) is 4.99 Å². The lowest BCUT2D eigenvalue weighted by Crippen LogP contribution is -2.54. The molecular weight excluding hydrogens is 539 g/mol. The Morgan fingerprint density at radius 2 is 1.97 bits per heavy atom. The van der Waals surface area contributed by atoms with Gasteiger partial charge in [-0.05, 0) is 20.8 Å². The van der Waals surface area contributed by atoms with Crippen LogP contribution in [0, 0.1) is 0 Å². The van der Waals surface area contributed by atoms with Crippen molar-refractivity contribution >= 4 is 46.1 Å². The number of guanidine groups is 1. The third-order valence-corrected chi connectivity index (χ3v) is 6.21. The van der Waals surface area contributed by atoms with Gasteiger partial charge in [0, 0.05) is 59.4 Å². The Morgan fingerprint density at radius 3 is 2.48 bits per heavy atom. The van der Waals surface area contributed by atoms with Crippen molar-refractivity contribution in [3.8, 4) is 0 Å². The molecule has 1 aromatic rings. The summed E-state index contributed by atoms with van der Waals surface area (Å²) in [5, 5.41) is 6.89. The monoisotopic (exact) mass is 572 g/mol. The highest BCUT2D eigenvalue weighted by molar-refractivity contribution is 14.0. The molecule has 178 valence electrons. The summed E-state index contributed by atoms with van der Waals surface area (Å²) in [5.74, 6) is 0.495.